The number of hydrogen-bond acceptors (Lipinski definition) is 11. The molecule has 4 unspecified atom stereocenters. The van der Waals surface area contributed by atoms with Gasteiger partial charge in [-0.2, -0.15) is 4.57 Å². The third-order valence-electron chi connectivity index (χ3n) is 9.12. The number of allylic oxidation sites excluding steroid dienone is 4. The van der Waals surface area contributed by atoms with Crippen LogP contribution in [0.3, 0.4) is 0 Å². The van der Waals surface area contributed by atoms with Crippen LogP contribution in [-0.4, -0.2) is 120 Å². The number of aliphatic hydroxyl groups is 4. The van der Waals surface area contributed by atoms with Crippen molar-refractivity contribution in [3.05, 3.63) is 121 Å². The topological polar surface area (TPSA) is 162 Å². The minimum Gasteiger partial charge on any atom is -0.389 e. The molecule has 0 saturated carbocycles. The number of aliphatic hydroxyl groups excluding tert-OH is 4. The normalized spacial score (nSPS) is 20.1. The lowest BCUT2D eigenvalue weighted by molar-refractivity contribution is -0.686. The first-order valence-corrected chi connectivity index (χ1v) is 21.1. The average molecular weight is 800 g/mol. The molecule has 14 heteroatoms. The van der Waals surface area contributed by atoms with Crippen LogP contribution in [0.15, 0.2) is 109 Å². The Bertz CT molecular complexity index is 1850. The van der Waals surface area contributed by atoms with Crippen molar-refractivity contribution in [1.29, 1.82) is 0 Å². The quantitative estimate of drug-likeness (QED) is 0.0350. The summed E-state index contributed by atoms with van der Waals surface area (Å²) in [4.78, 5) is 33.5. The number of nitrogens with zero attached hydrogens (tertiary/aromatic N) is 4. The zero-order chi connectivity index (χ0) is 39.7. The Balaban J connectivity index is 0.956. The molecular formula is C42H51N6O6S2+. The van der Waals surface area contributed by atoms with Crippen molar-refractivity contribution in [3.63, 3.8) is 0 Å². The summed E-state index contributed by atoms with van der Waals surface area (Å²) in [5.74, 6) is 1.19. The van der Waals surface area contributed by atoms with E-state index in [0.29, 0.717) is 50.7 Å². The molecule has 56 heavy (non-hydrogen) atoms. The summed E-state index contributed by atoms with van der Waals surface area (Å²) in [7, 11) is 3.27. The number of nitrogens with one attached hydrogen (secondary N) is 2. The molecule has 5 rings (SSSR count). The standard InChI is InChI=1S/C42H50N6O6S2/c1-2-3-6-33(14-8-31-10-16-35(17-11-31)47-26-37(49)38(50)27-47)45-25-41(53)43-20-23-55-56-24-21-44-42(54)30-46-22-5-4-7-34(46)15-9-32-12-18-36(19-13-32)48-28-39(51)40(52)29-48/h2-19,22,37-40,49-52H,1,20-21,23-30H2,(H-,43,44,53,54)/p+1. The molecule has 2 aliphatic rings. The molecule has 0 radical (unpaired) electrons. The second kappa shape index (κ2) is 22.1. The number of carbonyl (C=O) groups is 2. The van der Waals surface area contributed by atoms with Crippen LogP contribution in [0.2, 0.25) is 0 Å². The summed E-state index contributed by atoms with van der Waals surface area (Å²) in [6.45, 7) is 6.54. The van der Waals surface area contributed by atoms with Crippen LogP contribution in [-0.2, 0) is 16.1 Å². The third-order valence-corrected chi connectivity index (χ3v) is 11.5. The molecule has 2 fully saturated rings. The van der Waals surface area contributed by atoms with Crippen molar-refractivity contribution >= 4 is 68.7 Å². The number of benzene rings is 2. The van der Waals surface area contributed by atoms with E-state index < -0.39 is 24.4 Å². The monoisotopic (exact) mass is 799 g/mol. The van der Waals surface area contributed by atoms with Gasteiger partial charge >= 0.3 is 0 Å². The van der Waals surface area contributed by atoms with Gasteiger partial charge in [-0.15, -0.1) is 0 Å². The van der Waals surface area contributed by atoms with Gasteiger partial charge in [0, 0.05) is 80.4 Å². The maximum Gasteiger partial charge on any atom is 0.286 e. The first kappa shape index (κ1) is 42.4. The fraction of sp³-hybridized carbons (Fsp3) is 0.333. The second-order valence-electron chi connectivity index (χ2n) is 13.4. The van der Waals surface area contributed by atoms with E-state index in [2.05, 4.69) is 22.2 Å². The first-order valence-electron chi connectivity index (χ1n) is 18.6. The Morgan fingerprint density at radius 1 is 0.732 bits per heavy atom. The highest BCUT2D eigenvalue weighted by Crippen LogP contribution is 2.23. The van der Waals surface area contributed by atoms with E-state index in [4.69, 9.17) is 0 Å². The van der Waals surface area contributed by atoms with E-state index in [9.17, 15) is 30.0 Å². The van der Waals surface area contributed by atoms with Gasteiger partial charge in [-0.25, -0.2) is 0 Å². The van der Waals surface area contributed by atoms with Crippen LogP contribution in [0.25, 0.3) is 18.2 Å². The predicted molar refractivity (Wildman–Crippen MR) is 229 cm³/mol. The van der Waals surface area contributed by atoms with E-state index >= 15 is 0 Å². The maximum atomic E-state index is 12.7. The number of carbonyl (C=O) groups excluding carboxylic acids is 2. The number of amides is 2. The summed E-state index contributed by atoms with van der Waals surface area (Å²) in [5, 5.41) is 45.2. The molecule has 6 N–H and O–H groups in total. The summed E-state index contributed by atoms with van der Waals surface area (Å²) in [5.41, 5.74) is 5.34. The summed E-state index contributed by atoms with van der Waals surface area (Å²) < 4.78 is 1.90. The molecule has 2 aromatic carbocycles. The minimum atomic E-state index is -0.740. The molecule has 3 aromatic rings. The van der Waals surface area contributed by atoms with E-state index in [1.54, 1.807) is 39.8 Å². The first-order chi connectivity index (χ1) is 27.2. The van der Waals surface area contributed by atoms with Crippen LogP contribution < -0.4 is 25.0 Å². The van der Waals surface area contributed by atoms with Gasteiger partial charge in [-0.3, -0.25) is 14.6 Å². The molecule has 12 nitrogen and oxygen atoms in total. The summed E-state index contributed by atoms with van der Waals surface area (Å²) >= 11 is 0. The number of β-amino-alcohol motifs (C(OH)–C–C–N with tert-alkyl or cyclic N) is 4. The van der Waals surface area contributed by atoms with Crippen LogP contribution in [0.4, 0.5) is 11.4 Å². The third kappa shape index (κ3) is 13.5. The lowest BCUT2D eigenvalue weighted by atomic mass is 10.1. The molecule has 0 bridgehead atoms. The molecule has 2 saturated heterocycles. The molecule has 2 amide bonds. The highest BCUT2D eigenvalue weighted by atomic mass is 33.1. The maximum absolute atomic E-state index is 12.7. The molecule has 0 aliphatic carbocycles. The number of hydrogen-bond donors (Lipinski definition) is 6. The van der Waals surface area contributed by atoms with Gasteiger partial charge in [0.2, 0.25) is 18.1 Å². The van der Waals surface area contributed by atoms with Gasteiger partial charge < -0.3 is 40.9 Å². The fourth-order valence-electron chi connectivity index (χ4n) is 6.04. The van der Waals surface area contributed by atoms with Crippen molar-refractivity contribution in [3.8, 4) is 0 Å². The number of aliphatic imine (C=N–C) groups is 1. The van der Waals surface area contributed by atoms with Gasteiger partial charge in [0.15, 0.2) is 6.20 Å². The molecule has 4 atom stereocenters. The lowest BCUT2D eigenvalue weighted by Gasteiger charge is -2.17. The Hall–Kier alpha value is -4.70. The van der Waals surface area contributed by atoms with Crippen molar-refractivity contribution < 1.29 is 34.6 Å². The Kier molecular flexibility index (Phi) is 16.8. The van der Waals surface area contributed by atoms with Crippen LogP contribution in [0.1, 0.15) is 16.8 Å². The Morgan fingerprint density at radius 2 is 1.27 bits per heavy atom. The lowest BCUT2D eigenvalue weighted by Crippen LogP contribution is -2.45. The van der Waals surface area contributed by atoms with Crippen molar-refractivity contribution in [2.75, 3.05) is 67.1 Å². The molecule has 2 aliphatic heterocycles. The highest BCUT2D eigenvalue weighted by molar-refractivity contribution is 8.76. The average Bonchev–Trinajstić information content (AvgIpc) is 3.73. The number of rotatable bonds is 19. The second-order valence-corrected chi connectivity index (χ2v) is 16.1. The van der Waals surface area contributed by atoms with Gasteiger partial charge in [-0.1, -0.05) is 70.7 Å². The Morgan fingerprint density at radius 3 is 1.82 bits per heavy atom. The predicted octanol–water partition coefficient (Wildman–Crippen LogP) is 2.74. The van der Waals surface area contributed by atoms with E-state index in [1.165, 1.54) is 0 Å². The van der Waals surface area contributed by atoms with E-state index in [0.717, 1.165) is 33.9 Å². The van der Waals surface area contributed by atoms with Gasteiger partial charge in [0.05, 0.1) is 30.1 Å². The number of pyridine rings is 1. The van der Waals surface area contributed by atoms with Gasteiger partial charge in [0.1, 0.15) is 6.54 Å². The van der Waals surface area contributed by atoms with E-state index in [1.807, 2.05) is 112 Å². The number of anilines is 2. The smallest absolute Gasteiger partial charge is 0.286 e. The van der Waals surface area contributed by atoms with Crippen molar-refractivity contribution in [2.45, 2.75) is 31.0 Å². The van der Waals surface area contributed by atoms with Crippen LogP contribution in [0, 0.1) is 0 Å². The van der Waals surface area contributed by atoms with Gasteiger partial charge in [-0.05, 0) is 59.7 Å². The molecule has 3 heterocycles. The fourth-order valence-corrected chi connectivity index (χ4v) is 7.85. The van der Waals surface area contributed by atoms with Crippen LogP contribution >= 0.6 is 21.6 Å². The highest BCUT2D eigenvalue weighted by Gasteiger charge is 2.30. The molecule has 0 spiro atoms. The summed E-state index contributed by atoms with van der Waals surface area (Å²) in [6, 6.07) is 21.5. The van der Waals surface area contributed by atoms with Crippen molar-refractivity contribution in [1.82, 2.24) is 10.6 Å². The number of aromatic nitrogens is 1. The Labute approximate surface area is 336 Å². The summed E-state index contributed by atoms with van der Waals surface area (Å²) in [6.07, 6.45) is 11.8. The molecule has 1 aromatic heterocycles. The SMILES string of the molecule is C=CC=CC(C=Cc1ccc(N2CC(O)C(O)C2)cc1)=NCC(=O)NCCSSCCNC(=O)C[n+]1ccccc1C=Cc1ccc(N2CC(O)C(O)C2)cc1. The zero-order valence-electron chi connectivity index (χ0n) is 31.3. The van der Waals surface area contributed by atoms with Gasteiger partial charge in [0.25, 0.3) is 5.91 Å². The minimum absolute atomic E-state index is 0.00861. The largest absolute Gasteiger partial charge is 0.389 e. The van der Waals surface area contributed by atoms with E-state index in [-0.39, 0.29) is 24.9 Å². The van der Waals surface area contributed by atoms with Crippen molar-refractivity contribution in [2.24, 2.45) is 4.99 Å². The molecule has 296 valence electrons. The zero-order valence-corrected chi connectivity index (χ0v) is 32.9. The van der Waals surface area contributed by atoms with Crippen LogP contribution in [0.5, 0.6) is 0 Å². The molecular weight excluding hydrogens is 749 g/mol.